The van der Waals surface area contributed by atoms with E-state index in [0.29, 0.717) is 18.7 Å². The van der Waals surface area contributed by atoms with Crippen LogP contribution in [-0.2, 0) is 10.2 Å². The van der Waals surface area contributed by atoms with Gasteiger partial charge in [-0.1, -0.05) is 12.1 Å². The van der Waals surface area contributed by atoms with Crippen molar-refractivity contribution in [1.29, 1.82) is 5.26 Å². The summed E-state index contributed by atoms with van der Waals surface area (Å²) in [5, 5.41) is 24.7. The maximum absolute atomic E-state index is 12.5. The van der Waals surface area contributed by atoms with Crippen molar-refractivity contribution in [3.05, 3.63) is 36.0 Å². The predicted molar refractivity (Wildman–Crippen MR) is 106 cm³/mol. The largest absolute Gasteiger partial charge is 0.390 e. The molecule has 0 saturated heterocycles. The summed E-state index contributed by atoms with van der Waals surface area (Å²) in [4.78, 5) is 16.9. The molecule has 1 aromatic heterocycles. The van der Waals surface area contributed by atoms with Crippen molar-refractivity contribution in [3.63, 3.8) is 0 Å². The highest BCUT2D eigenvalue weighted by Gasteiger charge is 2.75. The molecule has 0 radical (unpaired) electrons. The lowest BCUT2D eigenvalue weighted by molar-refractivity contribution is -0.128. The molecule has 2 aromatic rings. The average Bonchev–Trinajstić information content (AvgIpc) is 3.50. The second-order valence-corrected chi connectivity index (χ2v) is 9.61. The average molecular weight is 375 g/mol. The zero-order valence-corrected chi connectivity index (χ0v) is 16.3. The van der Waals surface area contributed by atoms with E-state index in [2.05, 4.69) is 28.5 Å². The Labute approximate surface area is 164 Å². The Kier molecular flexibility index (Phi) is 3.49. The zero-order valence-electron chi connectivity index (χ0n) is 16.3. The van der Waals surface area contributed by atoms with Gasteiger partial charge in [-0.2, -0.15) is 5.26 Å². The van der Waals surface area contributed by atoms with Crippen LogP contribution in [-0.4, -0.2) is 21.6 Å². The summed E-state index contributed by atoms with van der Waals surface area (Å²) in [7, 11) is 0. The minimum atomic E-state index is -0.729. The molecule has 3 aliphatic carbocycles. The van der Waals surface area contributed by atoms with Gasteiger partial charge in [0.15, 0.2) is 0 Å². The number of rotatable bonds is 4. The molecule has 1 aromatic carbocycles. The molecule has 1 spiro atoms. The molecular formula is C23H25N3O2. The van der Waals surface area contributed by atoms with Crippen molar-refractivity contribution >= 4 is 22.5 Å². The highest BCUT2D eigenvalue weighted by molar-refractivity contribution is 5.94. The van der Waals surface area contributed by atoms with E-state index in [-0.39, 0.29) is 28.6 Å². The van der Waals surface area contributed by atoms with Crippen LogP contribution in [0.15, 0.2) is 30.5 Å². The van der Waals surface area contributed by atoms with Gasteiger partial charge in [0.25, 0.3) is 0 Å². The third kappa shape index (κ3) is 2.55. The normalized spacial score (nSPS) is 29.8. The van der Waals surface area contributed by atoms with Gasteiger partial charge in [0, 0.05) is 17.5 Å². The number of nitrogens with zero attached hydrogens (tertiary/aromatic N) is 2. The molecule has 5 heteroatoms. The van der Waals surface area contributed by atoms with E-state index < -0.39 is 5.60 Å². The topological polar surface area (TPSA) is 86.0 Å². The molecule has 0 aliphatic heterocycles. The van der Waals surface area contributed by atoms with Crippen molar-refractivity contribution < 1.29 is 9.90 Å². The molecular weight excluding hydrogens is 350 g/mol. The minimum absolute atomic E-state index is 0.0314. The van der Waals surface area contributed by atoms with Crippen LogP contribution in [0.3, 0.4) is 0 Å². The van der Waals surface area contributed by atoms with Crippen molar-refractivity contribution in [2.45, 2.75) is 57.0 Å². The Bertz CT molecular complexity index is 1020. The second-order valence-electron chi connectivity index (χ2n) is 9.61. The quantitative estimate of drug-likeness (QED) is 0.848. The number of pyridine rings is 1. The van der Waals surface area contributed by atoms with Gasteiger partial charge < -0.3 is 10.4 Å². The first-order chi connectivity index (χ1) is 13.3. The molecule has 5 nitrogen and oxygen atoms in total. The molecule has 28 heavy (non-hydrogen) atoms. The molecule has 5 rings (SSSR count). The van der Waals surface area contributed by atoms with Crippen LogP contribution in [0.5, 0.6) is 0 Å². The lowest BCUT2D eigenvalue weighted by Gasteiger charge is -2.41. The Morgan fingerprint density at radius 1 is 1.29 bits per heavy atom. The fourth-order valence-corrected chi connectivity index (χ4v) is 4.96. The number of nitriles is 1. The third-order valence-electron chi connectivity index (χ3n) is 7.40. The van der Waals surface area contributed by atoms with Gasteiger partial charge in [-0.25, -0.2) is 4.98 Å². The fourth-order valence-electron chi connectivity index (χ4n) is 4.96. The molecule has 2 N–H and O–H groups in total. The summed E-state index contributed by atoms with van der Waals surface area (Å²) in [5.74, 6) is 0.620. The molecule has 1 atom stereocenters. The first-order valence-corrected chi connectivity index (χ1v) is 10.1. The molecule has 144 valence electrons. The zero-order chi connectivity index (χ0) is 19.7. The van der Waals surface area contributed by atoms with Crippen molar-refractivity contribution in [3.8, 4) is 6.07 Å². The number of hydrogen-bond acceptors (Lipinski definition) is 4. The SMILES string of the molecule is CC(C)(O)C1CC(C(=O)Nc2cc3cc(C4(C#N)CC45CC5)ccc3cn2)C1. The molecule has 1 unspecified atom stereocenters. The number of carbonyl (C=O) groups is 1. The predicted octanol–water partition coefficient (Wildman–Crippen LogP) is 3.92. The Balaban J connectivity index is 1.34. The van der Waals surface area contributed by atoms with Crippen LogP contribution in [0.1, 0.15) is 51.5 Å². The van der Waals surface area contributed by atoms with Gasteiger partial charge >= 0.3 is 0 Å². The Hall–Kier alpha value is -2.45. The summed E-state index contributed by atoms with van der Waals surface area (Å²) in [6.45, 7) is 3.60. The van der Waals surface area contributed by atoms with Gasteiger partial charge in [0.05, 0.1) is 17.1 Å². The van der Waals surface area contributed by atoms with Crippen molar-refractivity contribution in [2.75, 3.05) is 5.32 Å². The number of amides is 1. The minimum Gasteiger partial charge on any atom is -0.390 e. The monoisotopic (exact) mass is 375 g/mol. The second kappa shape index (κ2) is 5.55. The maximum Gasteiger partial charge on any atom is 0.228 e. The van der Waals surface area contributed by atoms with Gasteiger partial charge in [0.2, 0.25) is 5.91 Å². The number of anilines is 1. The van der Waals surface area contributed by atoms with E-state index in [1.165, 1.54) is 0 Å². The van der Waals surface area contributed by atoms with E-state index in [1.807, 2.05) is 12.1 Å². The smallest absolute Gasteiger partial charge is 0.228 e. The summed E-state index contributed by atoms with van der Waals surface area (Å²) in [6.07, 6.45) is 6.47. The van der Waals surface area contributed by atoms with E-state index in [4.69, 9.17) is 0 Å². The van der Waals surface area contributed by atoms with Crippen LogP contribution >= 0.6 is 0 Å². The van der Waals surface area contributed by atoms with Crippen LogP contribution in [0.4, 0.5) is 5.82 Å². The lowest BCUT2D eigenvalue weighted by Crippen LogP contribution is -2.44. The van der Waals surface area contributed by atoms with Gasteiger partial charge in [-0.05, 0) is 80.4 Å². The number of fused-ring (bicyclic) bond motifs is 1. The summed E-state index contributed by atoms with van der Waals surface area (Å²) >= 11 is 0. The summed E-state index contributed by atoms with van der Waals surface area (Å²) in [5.41, 5.74) is 0.287. The van der Waals surface area contributed by atoms with E-state index in [0.717, 1.165) is 35.6 Å². The first kappa shape index (κ1) is 17.6. The molecule has 3 fully saturated rings. The summed E-state index contributed by atoms with van der Waals surface area (Å²) in [6, 6.07) is 10.6. The highest BCUT2D eigenvalue weighted by Crippen LogP contribution is 2.78. The van der Waals surface area contributed by atoms with Crippen molar-refractivity contribution in [2.24, 2.45) is 17.3 Å². The molecule has 3 aliphatic rings. The number of aromatic nitrogens is 1. The number of carbonyl (C=O) groups excluding carboxylic acids is 1. The van der Waals surface area contributed by atoms with Crippen LogP contribution in [0, 0.1) is 28.6 Å². The van der Waals surface area contributed by atoms with Gasteiger partial charge in [-0.15, -0.1) is 0 Å². The van der Waals surface area contributed by atoms with E-state index in [9.17, 15) is 15.2 Å². The number of aliphatic hydroxyl groups is 1. The molecule has 3 saturated carbocycles. The highest BCUT2D eigenvalue weighted by atomic mass is 16.3. The van der Waals surface area contributed by atoms with Gasteiger partial charge in [-0.3, -0.25) is 4.79 Å². The van der Waals surface area contributed by atoms with E-state index >= 15 is 0 Å². The Morgan fingerprint density at radius 2 is 2.04 bits per heavy atom. The molecule has 1 amide bonds. The number of hydrogen-bond donors (Lipinski definition) is 2. The van der Waals surface area contributed by atoms with Crippen LogP contribution in [0.25, 0.3) is 10.8 Å². The lowest BCUT2D eigenvalue weighted by atomic mass is 9.67. The molecule has 0 bridgehead atoms. The van der Waals surface area contributed by atoms with Crippen LogP contribution < -0.4 is 5.32 Å². The van der Waals surface area contributed by atoms with Crippen molar-refractivity contribution in [1.82, 2.24) is 4.98 Å². The van der Waals surface area contributed by atoms with Crippen LogP contribution in [0.2, 0.25) is 0 Å². The fraction of sp³-hybridized carbons (Fsp3) is 0.522. The van der Waals surface area contributed by atoms with Gasteiger partial charge in [0.1, 0.15) is 5.82 Å². The Morgan fingerprint density at radius 3 is 2.64 bits per heavy atom. The standard InChI is InChI=1S/C23H25N3O2/c1-21(2,28)18-8-16(9-18)20(27)26-19-10-15-7-17(4-3-14(15)11-25-19)23(13-24)12-22(23)5-6-22/h3-4,7,10-11,16,18,28H,5-6,8-9,12H2,1-2H3,(H,25,26,27). The number of nitrogens with one attached hydrogen (secondary N) is 1. The van der Waals surface area contributed by atoms with E-state index in [1.54, 1.807) is 20.0 Å². The number of benzene rings is 1. The third-order valence-corrected chi connectivity index (χ3v) is 7.40. The molecule has 1 heterocycles. The summed E-state index contributed by atoms with van der Waals surface area (Å²) < 4.78 is 0. The first-order valence-electron chi connectivity index (χ1n) is 10.1. The maximum atomic E-state index is 12.5.